The zero-order chi connectivity index (χ0) is 37.0. The average Bonchev–Trinajstić information content (AvgIpc) is 3.08. The smallest absolute Gasteiger partial charge is 0.338 e. The van der Waals surface area contributed by atoms with E-state index in [2.05, 4.69) is 0 Å². The van der Waals surface area contributed by atoms with Crippen molar-refractivity contribution in [3.8, 4) is 0 Å². The Morgan fingerprint density at radius 3 is 2.16 bits per heavy atom. The molecule has 1 aromatic rings. The van der Waals surface area contributed by atoms with Crippen LogP contribution in [0.3, 0.4) is 0 Å². The topological polar surface area (TPSA) is 158 Å². The van der Waals surface area contributed by atoms with E-state index in [1.807, 2.05) is 25.9 Å². The van der Waals surface area contributed by atoms with Gasteiger partial charge >= 0.3 is 11.9 Å². The molecule has 0 bridgehead atoms. The Morgan fingerprint density at radius 1 is 1.00 bits per heavy atom. The summed E-state index contributed by atoms with van der Waals surface area (Å²) < 4.78 is 30.7. The number of methoxy groups -OCH3 is 1. The van der Waals surface area contributed by atoms with Crippen LogP contribution in [-0.2, 0) is 38.1 Å². The van der Waals surface area contributed by atoms with Crippen molar-refractivity contribution < 1.29 is 53.1 Å². The lowest BCUT2D eigenvalue weighted by Gasteiger charge is -2.46. The normalized spacial score (nSPS) is 40.0. The number of hydrogen-bond donors (Lipinski definition) is 2. The Balaban J connectivity index is 2.10. The molecular formula is C37H57NO11. The van der Waals surface area contributed by atoms with E-state index in [-0.39, 0.29) is 25.0 Å². The minimum Gasteiger partial charge on any atom is -0.459 e. The van der Waals surface area contributed by atoms with E-state index in [0.717, 1.165) is 0 Å². The van der Waals surface area contributed by atoms with Crippen LogP contribution in [0.4, 0.5) is 0 Å². The molecule has 0 unspecified atom stereocenters. The lowest BCUT2D eigenvalue weighted by molar-refractivity contribution is -0.277. The van der Waals surface area contributed by atoms with E-state index in [1.54, 1.807) is 58.0 Å². The van der Waals surface area contributed by atoms with Gasteiger partial charge < -0.3 is 38.8 Å². The maximum atomic E-state index is 14.0. The number of ether oxygens (including phenoxy) is 5. The van der Waals surface area contributed by atoms with Gasteiger partial charge in [0.15, 0.2) is 18.2 Å². The summed E-state index contributed by atoms with van der Waals surface area (Å²) in [7, 11) is 5.19. The molecule has 13 atom stereocenters. The highest BCUT2D eigenvalue weighted by Gasteiger charge is 2.51. The van der Waals surface area contributed by atoms with Crippen LogP contribution in [0.1, 0.15) is 85.0 Å². The van der Waals surface area contributed by atoms with Gasteiger partial charge in [0.1, 0.15) is 23.4 Å². The van der Waals surface area contributed by atoms with Gasteiger partial charge in [-0.25, -0.2) is 4.79 Å². The second kappa shape index (κ2) is 16.5. The predicted molar refractivity (Wildman–Crippen MR) is 180 cm³/mol. The van der Waals surface area contributed by atoms with Gasteiger partial charge in [-0.05, 0) is 66.8 Å². The average molecular weight is 692 g/mol. The maximum Gasteiger partial charge on any atom is 0.338 e. The third-order valence-corrected chi connectivity index (χ3v) is 10.8. The van der Waals surface area contributed by atoms with E-state index in [1.165, 1.54) is 27.9 Å². The first kappa shape index (κ1) is 40.7. The molecule has 0 radical (unpaired) electrons. The molecule has 0 aliphatic carbocycles. The third-order valence-electron chi connectivity index (χ3n) is 10.8. The summed E-state index contributed by atoms with van der Waals surface area (Å²) >= 11 is 0. The van der Waals surface area contributed by atoms with Crippen LogP contribution < -0.4 is 0 Å². The SMILES string of the molecule is CC[C@H]1OC(=O)[C@H](C)C(=O)[C@H](C)[C@@H](O[C@@H]2O[C@H](C)C[C@H](N(C)C)[C@H]2OC(=O)c2ccccc2)C[C@@](C)(OC)[C@@H](C)C(=O)[C@H](C)[C@@H](O)[C@]1(C)O. The number of benzene rings is 1. The van der Waals surface area contributed by atoms with Crippen molar-refractivity contribution in [2.45, 2.75) is 129 Å². The fourth-order valence-corrected chi connectivity index (χ4v) is 6.98. The van der Waals surface area contributed by atoms with Crippen LogP contribution in [-0.4, -0.2) is 114 Å². The number of hydrogen-bond acceptors (Lipinski definition) is 12. The van der Waals surface area contributed by atoms with E-state index >= 15 is 0 Å². The van der Waals surface area contributed by atoms with Gasteiger partial charge in [-0.2, -0.15) is 0 Å². The van der Waals surface area contributed by atoms with Crippen molar-refractivity contribution in [1.29, 1.82) is 0 Å². The number of cyclic esters (lactones) is 1. The van der Waals surface area contributed by atoms with Crippen molar-refractivity contribution in [1.82, 2.24) is 4.90 Å². The molecule has 3 rings (SSSR count). The Kier molecular flexibility index (Phi) is 13.7. The first-order valence-corrected chi connectivity index (χ1v) is 17.3. The summed E-state index contributed by atoms with van der Waals surface area (Å²) in [6.45, 7) is 12.8. The maximum absolute atomic E-state index is 14.0. The number of carbonyl (C=O) groups excluding carboxylic acids is 4. The van der Waals surface area contributed by atoms with E-state index in [0.29, 0.717) is 12.0 Å². The van der Waals surface area contributed by atoms with Crippen LogP contribution in [0, 0.1) is 23.7 Å². The highest BCUT2D eigenvalue weighted by Crippen LogP contribution is 2.38. The fraction of sp³-hybridized carbons (Fsp3) is 0.730. The number of nitrogens with zero attached hydrogens (tertiary/aromatic N) is 1. The molecule has 0 aromatic heterocycles. The highest BCUT2D eigenvalue weighted by molar-refractivity contribution is 6.00. The van der Waals surface area contributed by atoms with Crippen LogP contribution in [0.15, 0.2) is 30.3 Å². The lowest BCUT2D eigenvalue weighted by Crippen LogP contribution is -2.59. The Labute approximate surface area is 290 Å². The van der Waals surface area contributed by atoms with Crippen LogP contribution in [0.2, 0.25) is 0 Å². The van der Waals surface area contributed by atoms with Gasteiger partial charge in [-0.15, -0.1) is 0 Å². The minimum absolute atomic E-state index is 0.0118. The van der Waals surface area contributed by atoms with Crippen LogP contribution in [0.25, 0.3) is 0 Å². The first-order chi connectivity index (χ1) is 22.8. The monoisotopic (exact) mass is 691 g/mol. The number of aliphatic hydroxyl groups excluding tert-OH is 1. The molecular weight excluding hydrogens is 634 g/mol. The van der Waals surface area contributed by atoms with Gasteiger partial charge in [0.05, 0.1) is 35.5 Å². The zero-order valence-electron chi connectivity index (χ0n) is 30.9. The molecule has 0 spiro atoms. The summed E-state index contributed by atoms with van der Waals surface area (Å²) in [5.41, 5.74) is -2.88. The summed E-state index contributed by atoms with van der Waals surface area (Å²) in [4.78, 5) is 56.7. The summed E-state index contributed by atoms with van der Waals surface area (Å²) in [5, 5.41) is 22.7. The summed E-state index contributed by atoms with van der Waals surface area (Å²) in [6, 6.07) is 8.26. The van der Waals surface area contributed by atoms with Gasteiger partial charge in [0.2, 0.25) is 0 Å². The third kappa shape index (κ3) is 8.95. The molecule has 1 aromatic carbocycles. The molecule has 276 valence electrons. The predicted octanol–water partition coefficient (Wildman–Crippen LogP) is 3.59. The zero-order valence-corrected chi connectivity index (χ0v) is 30.9. The fourth-order valence-electron chi connectivity index (χ4n) is 6.98. The number of rotatable bonds is 7. The van der Waals surface area contributed by atoms with Crippen molar-refractivity contribution in [3.63, 3.8) is 0 Å². The molecule has 2 aliphatic heterocycles. The molecule has 49 heavy (non-hydrogen) atoms. The number of likely N-dealkylation sites (N-methyl/N-ethyl adjacent to an activating group) is 1. The molecule has 0 amide bonds. The number of carbonyl (C=O) groups is 4. The second-order valence-corrected chi connectivity index (χ2v) is 14.5. The Hall–Kier alpha value is -2.74. The number of Topliss-reactive ketones (excluding diaryl/α,β-unsaturated/α-hetero) is 2. The molecule has 2 N–H and O–H groups in total. The van der Waals surface area contributed by atoms with Crippen LogP contribution in [0.5, 0.6) is 0 Å². The summed E-state index contributed by atoms with van der Waals surface area (Å²) in [6.07, 6.45) is -5.49. The summed E-state index contributed by atoms with van der Waals surface area (Å²) in [5.74, 6) is -6.47. The molecule has 2 aliphatic rings. The van der Waals surface area contributed by atoms with Crippen molar-refractivity contribution in [2.75, 3.05) is 21.2 Å². The van der Waals surface area contributed by atoms with Crippen molar-refractivity contribution in [3.05, 3.63) is 35.9 Å². The second-order valence-electron chi connectivity index (χ2n) is 14.5. The minimum atomic E-state index is -1.99. The lowest BCUT2D eigenvalue weighted by atomic mass is 9.73. The van der Waals surface area contributed by atoms with Gasteiger partial charge in [0.25, 0.3) is 0 Å². The van der Waals surface area contributed by atoms with Crippen molar-refractivity contribution in [2.24, 2.45) is 23.7 Å². The van der Waals surface area contributed by atoms with Gasteiger partial charge in [0, 0.05) is 31.3 Å². The van der Waals surface area contributed by atoms with E-state index < -0.39 is 89.1 Å². The van der Waals surface area contributed by atoms with E-state index in [4.69, 9.17) is 23.7 Å². The quantitative estimate of drug-likeness (QED) is 0.317. The van der Waals surface area contributed by atoms with Gasteiger partial charge in [-0.1, -0.05) is 45.9 Å². The number of aliphatic hydroxyl groups is 2. The largest absolute Gasteiger partial charge is 0.459 e. The molecule has 0 saturated carbocycles. The Morgan fingerprint density at radius 2 is 1.61 bits per heavy atom. The number of esters is 2. The van der Waals surface area contributed by atoms with Gasteiger partial charge in [-0.3, -0.25) is 14.4 Å². The highest BCUT2D eigenvalue weighted by atomic mass is 16.7. The molecule has 12 heteroatoms. The standard InChI is InChI=1S/C37H57NO11/c1-12-28-37(8,44)32(41)22(4)30(40)24(6)36(7,45-11)19-27(21(3)29(39)23(5)33(42)48-28)47-35-31(26(38(9)10)18-20(2)46-35)49-34(43)25-16-14-13-15-17-25/h13-17,20-24,26-28,31-32,35,41,44H,12,18-19H2,1-11H3/t20-,21-,22+,23-,24+,26+,27+,28-,31-,32-,35+,36-,37-/m1/s1. The molecule has 2 heterocycles. The number of ketones is 2. The first-order valence-electron chi connectivity index (χ1n) is 17.3. The van der Waals surface area contributed by atoms with Crippen molar-refractivity contribution >= 4 is 23.5 Å². The van der Waals surface area contributed by atoms with Crippen LogP contribution >= 0.6 is 0 Å². The molecule has 2 fully saturated rings. The molecule has 12 nitrogen and oxygen atoms in total. The van der Waals surface area contributed by atoms with E-state index in [9.17, 15) is 29.4 Å². The molecule has 2 saturated heterocycles. The Bertz CT molecular complexity index is 1300.